The van der Waals surface area contributed by atoms with Gasteiger partial charge in [0.15, 0.2) is 17.5 Å². The molecule has 1 aliphatic rings. The van der Waals surface area contributed by atoms with Crippen molar-refractivity contribution < 1.29 is 0 Å². The van der Waals surface area contributed by atoms with Crippen LogP contribution in [0.3, 0.4) is 0 Å². The quantitative estimate of drug-likeness (QED) is 0.157. The second-order valence-corrected chi connectivity index (χ2v) is 17.2. The van der Waals surface area contributed by atoms with Crippen LogP contribution in [0.15, 0.2) is 212 Å². The minimum Gasteiger partial charge on any atom is -0.208 e. The van der Waals surface area contributed by atoms with Gasteiger partial charge in [0.2, 0.25) is 0 Å². The van der Waals surface area contributed by atoms with Gasteiger partial charge in [0.1, 0.15) is 0 Å². The molecule has 0 atom stereocenters. The van der Waals surface area contributed by atoms with Gasteiger partial charge in [0, 0.05) is 22.1 Å². The fraction of sp³-hybridized carbons (Fsp3) is 0.0500. The largest absolute Gasteiger partial charge is 0.208 e. The van der Waals surface area contributed by atoms with Crippen molar-refractivity contribution in [2.45, 2.75) is 19.3 Å². The summed E-state index contributed by atoms with van der Waals surface area (Å²) in [6, 6.07) is 76.3. The molecule has 0 saturated heterocycles. The minimum absolute atomic E-state index is 0.184. The van der Waals surface area contributed by atoms with E-state index in [2.05, 4.69) is 208 Å². The predicted octanol–water partition coefficient (Wildman–Crippen LogP) is 15.6. The molecule has 11 aromatic rings. The molecule has 1 aliphatic carbocycles. The Morgan fingerprint density at radius 1 is 0.254 bits per heavy atom. The van der Waals surface area contributed by atoms with E-state index in [0.29, 0.717) is 17.5 Å². The highest BCUT2D eigenvalue weighted by molar-refractivity contribution is 6.25. The van der Waals surface area contributed by atoms with E-state index in [9.17, 15) is 0 Å². The molecule has 0 spiro atoms. The van der Waals surface area contributed by atoms with Gasteiger partial charge >= 0.3 is 0 Å². The molecule has 3 heteroatoms. The number of aromatic nitrogens is 3. The Bertz CT molecular complexity index is 3550. The van der Waals surface area contributed by atoms with Crippen molar-refractivity contribution in [3.63, 3.8) is 0 Å². The summed E-state index contributed by atoms with van der Waals surface area (Å²) in [4.78, 5) is 15.5. The molecule has 63 heavy (non-hydrogen) atoms. The summed E-state index contributed by atoms with van der Waals surface area (Å²) < 4.78 is 0. The predicted molar refractivity (Wildman–Crippen MR) is 263 cm³/mol. The summed E-state index contributed by atoms with van der Waals surface area (Å²) in [6.45, 7) is 4.72. The van der Waals surface area contributed by atoms with E-state index in [1.54, 1.807) is 0 Å². The number of nitrogens with zero attached hydrogens (tertiary/aromatic N) is 3. The highest BCUT2D eigenvalue weighted by atomic mass is 15.0. The van der Waals surface area contributed by atoms with Crippen LogP contribution in [0.5, 0.6) is 0 Å². The maximum atomic E-state index is 5.22. The van der Waals surface area contributed by atoms with Crippen molar-refractivity contribution in [1.29, 1.82) is 0 Å². The first-order valence-electron chi connectivity index (χ1n) is 21.7. The van der Waals surface area contributed by atoms with Gasteiger partial charge in [0.25, 0.3) is 0 Å². The van der Waals surface area contributed by atoms with Crippen molar-refractivity contribution in [3.8, 4) is 78.7 Å². The maximum Gasteiger partial charge on any atom is 0.164 e. The van der Waals surface area contributed by atoms with Gasteiger partial charge in [-0.25, -0.2) is 15.0 Å². The van der Waals surface area contributed by atoms with Crippen LogP contribution in [-0.4, -0.2) is 15.0 Å². The molecule has 0 saturated carbocycles. The fourth-order valence-corrected chi connectivity index (χ4v) is 9.84. The van der Waals surface area contributed by atoms with Crippen LogP contribution in [0.1, 0.15) is 25.0 Å². The van der Waals surface area contributed by atoms with Gasteiger partial charge in [-0.15, -0.1) is 0 Å². The number of hydrogen-bond acceptors (Lipinski definition) is 3. The third kappa shape index (κ3) is 6.23. The average Bonchev–Trinajstić information content (AvgIpc) is 3.58. The average molecular weight is 804 g/mol. The first-order valence-corrected chi connectivity index (χ1v) is 21.7. The van der Waals surface area contributed by atoms with E-state index in [1.807, 2.05) is 18.2 Å². The molecule has 0 unspecified atom stereocenters. The smallest absolute Gasteiger partial charge is 0.164 e. The first kappa shape index (κ1) is 36.8. The molecule has 1 aromatic heterocycles. The highest BCUT2D eigenvalue weighted by Crippen LogP contribution is 2.51. The number of benzene rings is 10. The third-order valence-electron chi connectivity index (χ3n) is 13.1. The molecule has 3 nitrogen and oxygen atoms in total. The Balaban J connectivity index is 0.928. The summed E-state index contributed by atoms with van der Waals surface area (Å²) in [5, 5.41) is 7.35. The Kier molecular flexibility index (Phi) is 8.52. The third-order valence-corrected chi connectivity index (χ3v) is 13.1. The summed E-state index contributed by atoms with van der Waals surface area (Å²) in [5.74, 6) is 1.93. The van der Waals surface area contributed by atoms with Crippen LogP contribution < -0.4 is 0 Å². The first-order chi connectivity index (χ1) is 31.0. The summed E-state index contributed by atoms with van der Waals surface area (Å²) >= 11 is 0. The highest BCUT2D eigenvalue weighted by Gasteiger charge is 2.36. The molecule has 0 N–H and O–H groups in total. The van der Waals surface area contributed by atoms with Crippen LogP contribution in [0.25, 0.3) is 111 Å². The lowest BCUT2D eigenvalue weighted by atomic mass is 9.80. The van der Waals surface area contributed by atoms with Crippen LogP contribution in [0.4, 0.5) is 0 Å². The molecule has 0 aliphatic heterocycles. The Morgan fingerprint density at radius 3 is 1.14 bits per heavy atom. The zero-order valence-electron chi connectivity index (χ0n) is 35.0. The van der Waals surface area contributed by atoms with Crippen LogP contribution in [0, 0.1) is 0 Å². The standard InChI is InChI=1S/C60H41N3/c1-60(2)55-36-43(41-20-13-19-40(33-41)38-15-5-3-6-16-38)27-31-52(55)53-32-28-44(37-56(53)60)42-21-14-22-45(34-42)58-61-57(39-17-7-4-8-18-39)62-59(63-58)46-29-30-51-49-25-10-9-23-47(49)48-24-11-12-26-50(48)54(51)35-46/h3-37H,1-2H3. The SMILES string of the molecule is CC1(C)c2cc(-c3cccc(-c4ccccc4)c3)ccc2-c2ccc(-c3cccc(-c4nc(-c5ccccc5)nc(-c5ccc6c7ccccc7c7ccccc7c6c5)n4)c3)cc21. The number of fused-ring (bicyclic) bond motifs is 9. The summed E-state index contributed by atoms with van der Waals surface area (Å²) in [6.07, 6.45) is 0. The van der Waals surface area contributed by atoms with Gasteiger partial charge in [-0.2, -0.15) is 0 Å². The van der Waals surface area contributed by atoms with Gasteiger partial charge in [-0.05, 0) is 118 Å². The normalized spacial score (nSPS) is 12.7. The lowest BCUT2D eigenvalue weighted by Gasteiger charge is -2.23. The summed E-state index contributed by atoms with van der Waals surface area (Å²) in [5.41, 5.74) is 15.1. The van der Waals surface area contributed by atoms with E-state index < -0.39 is 0 Å². The van der Waals surface area contributed by atoms with E-state index in [1.165, 1.54) is 82.4 Å². The van der Waals surface area contributed by atoms with Gasteiger partial charge in [-0.1, -0.05) is 196 Å². The van der Waals surface area contributed by atoms with E-state index >= 15 is 0 Å². The Hall–Kier alpha value is -8.01. The molecular weight excluding hydrogens is 763 g/mol. The zero-order chi connectivity index (χ0) is 42.1. The molecule has 12 rings (SSSR count). The monoisotopic (exact) mass is 803 g/mol. The van der Waals surface area contributed by atoms with Crippen molar-refractivity contribution in [2.75, 3.05) is 0 Å². The molecule has 0 amide bonds. The Morgan fingerprint density at radius 2 is 0.603 bits per heavy atom. The Labute approximate surface area is 367 Å². The van der Waals surface area contributed by atoms with Gasteiger partial charge in [-0.3, -0.25) is 0 Å². The second-order valence-electron chi connectivity index (χ2n) is 17.2. The van der Waals surface area contributed by atoms with Crippen molar-refractivity contribution >= 4 is 32.3 Å². The van der Waals surface area contributed by atoms with Crippen LogP contribution in [0.2, 0.25) is 0 Å². The second kappa shape index (κ2) is 14.6. The molecular formula is C60H41N3. The molecule has 1 heterocycles. The van der Waals surface area contributed by atoms with E-state index in [-0.39, 0.29) is 5.41 Å². The van der Waals surface area contributed by atoms with Gasteiger partial charge < -0.3 is 0 Å². The maximum absolute atomic E-state index is 5.22. The lowest BCUT2D eigenvalue weighted by Crippen LogP contribution is -2.15. The number of hydrogen-bond donors (Lipinski definition) is 0. The van der Waals surface area contributed by atoms with Crippen molar-refractivity contribution in [1.82, 2.24) is 15.0 Å². The minimum atomic E-state index is -0.184. The van der Waals surface area contributed by atoms with Crippen LogP contribution in [-0.2, 0) is 5.41 Å². The van der Waals surface area contributed by atoms with Crippen LogP contribution >= 0.6 is 0 Å². The van der Waals surface area contributed by atoms with Crippen molar-refractivity contribution in [3.05, 3.63) is 223 Å². The molecule has 0 fully saturated rings. The molecule has 0 bridgehead atoms. The number of rotatable bonds is 6. The fourth-order valence-electron chi connectivity index (χ4n) is 9.84. The molecule has 296 valence electrons. The topological polar surface area (TPSA) is 38.7 Å². The summed E-state index contributed by atoms with van der Waals surface area (Å²) in [7, 11) is 0. The molecule has 10 aromatic carbocycles. The van der Waals surface area contributed by atoms with Crippen molar-refractivity contribution in [2.24, 2.45) is 0 Å². The van der Waals surface area contributed by atoms with E-state index in [0.717, 1.165) is 22.3 Å². The molecule has 0 radical (unpaired) electrons. The zero-order valence-corrected chi connectivity index (χ0v) is 35.0. The van der Waals surface area contributed by atoms with E-state index in [4.69, 9.17) is 15.0 Å². The lowest BCUT2D eigenvalue weighted by molar-refractivity contribution is 0.661. The van der Waals surface area contributed by atoms with Gasteiger partial charge in [0.05, 0.1) is 0 Å².